The summed E-state index contributed by atoms with van der Waals surface area (Å²) in [7, 11) is 0. The third-order valence-electron chi connectivity index (χ3n) is 3.51. The van der Waals surface area contributed by atoms with Crippen molar-refractivity contribution >= 4 is 0 Å². The zero-order chi connectivity index (χ0) is 12.5. The minimum Gasteiger partial charge on any atom is -0.317 e. The monoisotopic (exact) mass is 241 g/mol. The minimum atomic E-state index is 0.617. The lowest BCUT2D eigenvalue weighted by Crippen LogP contribution is -2.33. The molecule has 0 aliphatic carbocycles. The van der Waals surface area contributed by atoms with E-state index in [0.29, 0.717) is 6.04 Å². The number of hydrogen-bond donors (Lipinski definition) is 2. The fourth-order valence-electron chi connectivity index (χ4n) is 2.47. The highest BCUT2D eigenvalue weighted by Gasteiger charge is 2.21. The Morgan fingerprint density at radius 1 is 1.24 bits per heavy atom. The molecule has 1 saturated heterocycles. The van der Waals surface area contributed by atoms with Crippen molar-refractivity contribution in [1.82, 2.24) is 15.5 Å². The molecule has 1 heterocycles. The molecule has 0 aromatic carbocycles. The molecule has 1 rings (SSSR count). The van der Waals surface area contributed by atoms with Gasteiger partial charge < -0.3 is 15.5 Å². The van der Waals surface area contributed by atoms with Crippen molar-refractivity contribution in [1.29, 1.82) is 0 Å². The van der Waals surface area contributed by atoms with Gasteiger partial charge in [0, 0.05) is 25.7 Å². The van der Waals surface area contributed by atoms with Gasteiger partial charge in [0.05, 0.1) is 0 Å². The molecule has 1 fully saturated rings. The van der Waals surface area contributed by atoms with E-state index in [1.54, 1.807) is 0 Å². The Kier molecular flexibility index (Phi) is 7.82. The van der Waals surface area contributed by atoms with Crippen LogP contribution in [-0.4, -0.2) is 50.2 Å². The van der Waals surface area contributed by atoms with Crippen molar-refractivity contribution in [3.63, 3.8) is 0 Å². The van der Waals surface area contributed by atoms with Crippen LogP contribution in [0.1, 0.15) is 40.0 Å². The number of nitrogens with zero attached hydrogens (tertiary/aromatic N) is 1. The van der Waals surface area contributed by atoms with Crippen LogP contribution >= 0.6 is 0 Å². The maximum atomic E-state index is 3.50. The molecule has 102 valence electrons. The highest BCUT2D eigenvalue weighted by Crippen LogP contribution is 2.18. The fourth-order valence-corrected chi connectivity index (χ4v) is 2.47. The first-order chi connectivity index (χ1) is 8.22. The summed E-state index contributed by atoms with van der Waals surface area (Å²) in [5.41, 5.74) is 0. The molecule has 17 heavy (non-hydrogen) atoms. The van der Waals surface area contributed by atoms with Crippen molar-refractivity contribution in [2.45, 2.75) is 46.1 Å². The van der Waals surface area contributed by atoms with Crippen molar-refractivity contribution in [2.75, 3.05) is 39.3 Å². The van der Waals surface area contributed by atoms with E-state index in [2.05, 4.69) is 36.3 Å². The Bertz CT molecular complexity index is 182. The lowest BCUT2D eigenvalue weighted by atomic mass is 10.1. The summed E-state index contributed by atoms with van der Waals surface area (Å²) in [4.78, 5) is 2.61. The van der Waals surface area contributed by atoms with Gasteiger partial charge in [-0.05, 0) is 44.8 Å². The molecular weight excluding hydrogens is 210 g/mol. The molecule has 1 unspecified atom stereocenters. The Morgan fingerprint density at radius 3 is 2.76 bits per heavy atom. The standard InChI is InChI=1S/C14H31N3/c1-4-7-15-8-5-14-6-10-17(12-14)11-9-16-13(2)3/h13-16H,4-12H2,1-3H3. The second-order valence-corrected chi connectivity index (χ2v) is 5.60. The average molecular weight is 241 g/mol. The first-order valence-corrected chi connectivity index (χ1v) is 7.38. The van der Waals surface area contributed by atoms with Crippen LogP contribution in [0.5, 0.6) is 0 Å². The summed E-state index contributed by atoms with van der Waals surface area (Å²) < 4.78 is 0. The number of hydrogen-bond acceptors (Lipinski definition) is 3. The molecule has 2 N–H and O–H groups in total. The third kappa shape index (κ3) is 7.02. The molecule has 0 radical (unpaired) electrons. The van der Waals surface area contributed by atoms with Crippen molar-refractivity contribution < 1.29 is 0 Å². The SMILES string of the molecule is CCCNCCC1CCN(CCNC(C)C)C1. The molecule has 0 amide bonds. The maximum absolute atomic E-state index is 3.50. The van der Waals surface area contributed by atoms with Gasteiger partial charge in [-0.3, -0.25) is 0 Å². The second-order valence-electron chi connectivity index (χ2n) is 5.60. The van der Waals surface area contributed by atoms with E-state index < -0.39 is 0 Å². The second kappa shape index (κ2) is 8.90. The van der Waals surface area contributed by atoms with E-state index in [4.69, 9.17) is 0 Å². The first kappa shape index (κ1) is 14.9. The molecule has 0 bridgehead atoms. The summed E-state index contributed by atoms with van der Waals surface area (Å²) >= 11 is 0. The van der Waals surface area contributed by atoms with Crippen molar-refractivity contribution in [3.05, 3.63) is 0 Å². The quantitative estimate of drug-likeness (QED) is 0.602. The van der Waals surface area contributed by atoms with Gasteiger partial charge in [-0.2, -0.15) is 0 Å². The van der Waals surface area contributed by atoms with Crippen LogP contribution in [0, 0.1) is 5.92 Å². The van der Waals surface area contributed by atoms with Gasteiger partial charge in [-0.1, -0.05) is 20.8 Å². The Morgan fingerprint density at radius 2 is 2.06 bits per heavy atom. The van der Waals surface area contributed by atoms with Crippen LogP contribution in [0.2, 0.25) is 0 Å². The Balaban J connectivity index is 1.98. The molecule has 1 aliphatic heterocycles. The molecule has 1 atom stereocenters. The average Bonchev–Trinajstić information content (AvgIpc) is 2.72. The van der Waals surface area contributed by atoms with E-state index in [-0.39, 0.29) is 0 Å². The summed E-state index contributed by atoms with van der Waals surface area (Å²) in [5.74, 6) is 0.929. The normalized spacial score (nSPS) is 21.5. The minimum absolute atomic E-state index is 0.617. The van der Waals surface area contributed by atoms with Crippen LogP contribution in [0.4, 0.5) is 0 Å². The smallest absolute Gasteiger partial charge is 0.0107 e. The molecule has 3 heteroatoms. The van der Waals surface area contributed by atoms with Gasteiger partial charge in [-0.25, -0.2) is 0 Å². The molecule has 0 saturated carbocycles. The highest BCUT2D eigenvalue weighted by molar-refractivity contribution is 4.76. The number of likely N-dealkylation sites (tertiary alicyclic amines) is 1. The van der Waals surface area contributed by atoms with Gasteiger partial charge in [0.25, 0.3) is 0 Å². The van der Waals surface area contributed by atoms with Crippen LogP contribution in [0.25, 0.3) is 0 Å². The van der Waals surface area contributed by atoms with E-state index >= 15 is 0 Å². The zero-order valence-corrected chi connectivity index (χ0v) is 12.0. The third-order valence-corrected chi connectivity index (χ3v) is 3.51. The summed E-state index contributed by atoms with van der Waals surface area (Å²) in [6.45, 7) is 14.0. The largest absolute Gasteiger partial charge is 0.317 e. The Labute approximate surface area is 107 Å². The lowest BCUT2D eigenvalue weighted by Gasteiger charge is -2.17. The molecule has 0 spiro atoms. The van der Waals surface area contributed by atoms with Crippen molar-refractivity contribution in [2.24, 2.45) is 5.92 Å². The summed E-state index contributed by atoms with van der Waals surface area (Å²) in [5, 5.41) is 7.00. The van der Waals surface area contributed by atoms with E-state index in [1.165, 1.54) is 52.0 Å². The number of nitrogens with one attached hydrogen (secondary N) is 2. The van der Waals surface area contributed by atoms with E-state index in [9.17, 15) is 0 Å². The van der Waals surface area contributed by atoms with Crippen molar-refractivity contribution in [3.8, 4) is 0 Å². The van der Waals surface area contributed by atoms with Crippen LogP contribution in [0.15, 0.2) is 0 Å². The highest BCUT2D eigenvalue weighted by atomic mass is 15.2. The first-order valence-electron chi connectivity index (χ1n) is 7.38. The zero-order valence-electron chi connectivity index (χ0n) is 12.0. The van der Waals surface area contributed by atoms with Gasteiger partial charge in [0.1, 0.15) is 0 Å². The fraction of sp³-hybridized carbons (Fsp3) is 1.00. The topological polar surface area (TPSA) is 27.3 Å². The van der Waals surface area contributed by atoms with E-state index in [0.717, 1.165) is 12.5 Å². The summed E-state index contributed by atoms with van der Waals surface area (Å²) in [6.07, 6.45) is 4.00. The summed E-state index contributed by atoms with van der Waals surface area (Å²) in [6, 6.07) is 0.617. The van der Waals surface area contributed by atoms with Gasteiger partial charge in [0.15, 0.2) is 0 Å². The van der Waals surface area contributed by atoms with Gasteiger partial charge >= 0.3 is 0 Å². The molecular formula is C14H31N3. The van der Waals surface area contributed by atoms with E-state index in [1.807, 2.05) is 0 Å². The van der Waals surface area contributed by atoms with Gasteiger partial charge in [0.2, 0.25) is 0 Å². The van der Waals surface area contributed by atoms with Crippen LogP contribution in [-0.2, 0) is 0 Å². The molecule has 3 nitrogen and oxygen atoms in total. The molecule has 1 aliphatic rings. The lowest BCUT2D eigenvalue weighted by molar-refractivity contribution is 0.314. The van der Waals surface area contributed by atoms with Gasteiger partial charge in [-0.15, -0.1) is 0 Å². The van der Waals surface area contributed by atoms with Crippen LogP contribution in [0.3, 0.4) is 0 Å². The Hall–Kier alpha value is -0.120. The van der Waals surface area contributed by atoms with Crippen LogP contribution < -0.4 is 10.6 Å². The predicted octanol–water partition coefficient (Wildman–Crippen LogP) is 1.70. The predicted molar refractivity (Wildman–Crippen MR) is 75.5 cm³/mol. The maximum Gasteiger partial charge on any atom is 0.0107 e. The molecule has 0 aromatic rings. The molecule has 0 aromatic heterocycles. The number of rotatable bonds is 9.